The first-order chi connectivity index (χ1) is 13.6. The summed E-state index contributed by atoms with van der Waals surface area (Å²) in [4.78, 5) is 37.0. The van der Waals surface area contributed by atoms with E-state index in [4.69, 9.17) is 9.47 Å². The number of urea groups is 1. The fraction of sp³-hybridized carbons (Fsp3) is 0.190. The van der Waals surface area contributed by atoms with Gasteiger partial charge in [0.25, 0.3) is 0 Å². The monoisotopic (exact) mass is 380 g/mol. The fourth-order valence-corrected chi connectivity index (χ4v) is 2.87. The fourth-order valence-electron chi connectivity index (χ4n) is 2.87. The summed E-state index contributed by atoms with van der Waals surface area (Å²) in [5, 5.41) is 5.29. The Labute approximate surface area is 162 Å². The Morgan fingerprint density at radius 1 is 0.929 bits per heavy atom. The van der Waals surface area contributed by atoms with E-state index in [1.165, 1.54) is 0 Å². The second-order valence-electron chi connectivity index (χ2n) is 6.00. The summed E-state index contributed by atoms with van der Waals surface area (Å²) >= 11 is 0. The van der Waals surface area contributed by atoms with Gasteiger partial charge in [0.15, 0.2) is 0 Å². The molecule has 144 valence electrons. The average Bonchev–Trinajstić information content (AvgIpc) is 2.73. The molecule has 0 saturated heterocycles. The second-order valence-corrected chi connectivity index (χ2v) is 6.00. The van der Waals surface area contributed by atoms with Gasteiger partial charge < -0.3 is 20.1 Å². The number of hydrogen-bond donors (Lipinski definition) is 2. The lowest BCUT2D eigenvalue weighted by atomic mass is 9.95. The van der Waals surface area contributed by atoms with Crippen LogP contribution in [0.2, 0.25) is 0 Å². The first-order valence-electron chi connectivity index (χ1n) is 8.85. The molecule has 0 fully saturated rings. The van der Waals surface area contributed by atoms with Crippen molar-refractivity contribution >= 4 is 18.0 Å². The number of hydrogen-bond acceptors (Lipinski definition) is 5. The van der Waals surface area contributed by atoms with Crippen molar-refractivity contribution in [2.24, 2.45) is 0 Å². The van der Waals surface area contributed by atoms with Gasteiger partial charge in [0.1, 0.15) is 6.61 Å². The van der Waals surface area contributed by atoms with Crippen molar-refractivity contribution in [3.63, 3.8) is 0 Å². The van der Waals surface area contributed by atoms with Gasteiger partial charge in [-0.2, -0.15) is 0 Å². The van der Waals surface area contributed by atoms with Crippen molar-refractivity contribution in [2.45, 2.75) is 13.0 Å². The van der Waals surface area contributed by atoms with Crippen LogP contribution in [-0.2, 0) is 14.3 Å². The topological polar surface area (TPSA) is 93.7 Å². The quantitative estimate of drug-likeness (QED) is 0.752. The van der Waals surface area contributed by atoms with Crippen LogP contribution in [0.3, 0.4) is 0 Å². The third-order valence-corrected chi connectivity index (χ3v) is 4.14. The number of nitrogens with one attached hydrogen (secondary N) is 2. The molecule has 1 atom stereocenters. The lowest BCUT2D eigenvalue weighted by Crippen LogP contribution is -2.47. The van der Waals surface area contributed by atoms with Gasteiger partial charge in [0.2, 0.25) is 0 Å². The summed E-state index contributed by atoms with van der Waals surface area (Å²) in [6.45, 7) is 1.60. The van der Waals surface area contributed by atoms with Gasteiger partial charge in [-0.25, -0.2) is 14.4 Å². The van der Waals surface area contributed by atoms with E-state index in [1.807, 2.05) is 6.07 Å². The smallest absolute Gasteiger partial charge is 0.338 e. The van der Waals surface area contributed by atoms with Crippen molar-refractivity contribution in [3.8, 4) is 0 Å². The Morgan fingerprint density at radius 3 is 2.21 bits per heavy atom. The number of amides is 2. The lowest BCUT2D eigenvalue weighted by Gasteiger charge is -2.29. The second kappa shape index (κ2) is 8.85. The van der Waals surface area contributed by atoms with Crippen molar-refractivity contribution in [1.29, 1.82) is 0 Å². The van der Waals surface area contributed by atoms with Crippen molar-refractivity contribution in [2.75, 3.05) is 13.2 Å². The first kappa shape index (κ1) is 19.2. The van der Waals surface area contributed by atoms with Gasteiger partial charge in [-0.15, -0.1) is 0 Å². The van der Waals surface area contributed by atoms with Crippen LogP contribution in [0.5, 0.6) is 0 Å². The van der Waals surface area contributed by atoms with Crippen molar-refractivity contribution < 1.29 is 23.9 Å². The minimum absolute atomic E-state index is 0.175. The number of carbonyl (C=O) groups excluding carboxylic acids is 3. The number of ether oxygens (including phenoxy) is 2. The maximum absolute atomic E-state index is 12.6. The molecule has 2 amide bonds. The largest absolute Gasteiger partial charge is 0.463 e. The molecule has 1 heterocycles. The van der Waals surface area contributed by atoms with Crippen LogP contribution in [0.25, 0.3) is 0 Å². The van der Waals surface area contributed by atoms with E-state index in [0.29, 0.717) is 11.1 Å². The van der Waals surface area contributed by atoms with E-state index in [9.17, 15) is 14.4 Å². The Kier molecular flexibility index (Phi) is 6.06. The molecule has 2 N–H and O–H groups in total. The molecule has 2 aromatic rings. The van der Waals surface area contributed by atoms with Crippen LogP contribution in [0.1, 0.15) is 28.9 Å². The highest BCUT2D eigenvalue weighted by Gasteiger charge is 2.34. The Balaban J connectivity index is 1.91. The molecule has 0 radical (unpaired) electrons. The summed E-state index contributed by atoms with van der Waals surface area (Å²) < 4.78 is 10.5. The van der Waals surface area contributed by atoms with Gasteiger partial charge >= 0.3 is 18.0 Å². The molecule has 28 heavy (non-hydrogen) atoms. The van der Waals surface area contributed by atoms with E-state index in [0.717, 1.165) is 0 Å². The highest BCUT2D eigenvalue weighted by molar-refractivity contribution is 5.95. The number of carbonyl (C=O) groups is 3. The molecule has 2 aromatic carbocycles. The Morgan fingerprint density at radius 2 is 1.57 bits per heavy atom. The molecule has 0 aromatic heterocycles. The molecule has 7 heteroatoms. The predicted molar refractivity (Wildman–Crippen MR) is 101 cm³/mol. The number of rotatable bonds is 6. The van der Waals surface area contributed by atoms with Crippen LogP contribution >= 0.6 is 0 Å². The third-order valence-electron chi connectivity index (χ3n) is 4.14. The third kappa shape index (κ3) is 4.37. The predicted octanol–water partition coefficient (Wildman–Crippen LogP) is 2.71. The lowest BCUT2D eigenvalue weighted by molar-refractivity contribution is -0.139. The highest BCUT2D eigenvalue weighted by atomic mass is 16.5. The Bertz CT molecular complexity index is 894. The summed E-state index contributed by atoms with van der Waals surface area (Å²) in [6, 6.07) is 16.3. The van der Waals surface area contributed by atoms with Crippen LogP contribution in [-0.4, -0.2) is 31.2 Å². The van der Waals surface area contributed by atoms with Crippen molar-refractivity contribution in [3.05, 3.63) is 83.1 Å². The van der Waals surface area contributed by atoms with E-state index in [-0.39, 0.29) is 24.5 Å². The molecular weight excluding hydrogens is 360 g/mol. The maximum atomic E-state index is 12.6. The van der Waals surface area contributed by atoms with Gasteiger partial charge in [0.05, 0.1) is 29.5 Å². The van der Waals surface area contributed by atoms with Gasteiger partial charge in [0, 0.05) is 0 Å². The van der Waals surface area contributed by atoms with E-state index < -0.39 is 24.0 Å². The summed E-state index contributed by atoms with van der Waals surface area (Å²) in [5.74, 6) is -1.14. The molecule has 0 saturated carbocycles. The number of esters is 2. The first-order valence-corrected chi connectivity index (χ1v) is 8.85. The molecule has 0 unspecified atom stereocenters. The van der Waals surface area contributed by atoms with E-state index in [2.05, 4.69) is 10.6 Å². The van der Waals surface area contributed by atoms with E-state index in [1.54, 1.807) is 61.5 Å². The molecule has 0 aliphatic carbocycles. The molecule has 1 aliphatic rings. The normalized spacial score (nSPS) is 16.0. The van der Waals surface area contributed by atoms with Crippen LogP contribution in [0, 0.1) is 0 Å². The molecule has 0 spiro atoms. The molecule has 3 rings (SSSR count). The standard InChI is InChI=1S/C21H20N2O5/c1-2-27-20(25)17-16(13-28-19(24)15-11-7-4-8-12-15)22-21(26)23-18(17)14-9-5-3-6-10-14/h3-12,18H,2,13H2,1H3,(H2,22,23,26)/t18-/m1/s1. The highest BCUT2D eigenvalue weighted by Crippen LogP contribution is 2.27. The van der Waals surface area contributed by atoms with Crippen molar-refractivity contribution in [1.82, 2.24) is 10.6 Å². The van der Waals surface area contributed by atoms with E-state index >= 15 is 0 Å². The minimum atomic E-state index is -0.709. The maximum Gasteiger partial charge on any atom is 0.338 e. The molecule has 7 nitrogen and oxygen atoms in total. The summed E-state index contributed by atoms with van der Waals surface area (Å²) in [7, 11) is 0. The van der Waals surface area contributed by atoms with Gasteiger partial charge in [-0.05, 0) is 24.6 Å². The van der Waals surface area contributed by atoms with Crippen LogP contribution < -0.4 is 10.6 Å². The molecule has 1 aliphatic heterocycles. The zero-order chi connectivity index (χ0) is 19.9. The van der Waals surface area contributed by atoms with Gasteiger partial charge in [-0.3, -0.25) is 0 Å². The van der Waals surface area contributed by atoms with Crippen LogP contribution in [0.4, 0.5) is 4.79 Å². The zero-order valence-electron chi connectivity index (χ0n) is 15.3. The van der Waals surface area contributed by atoms with Gasteiger partial charge in [-0.1, -0.05) is 48.5 Å². The van der Waals surface area contributed by atoms with Crippen LogP contribution in [0.15, 0.2) is 71.9 Å². The summed E-state index contributed by atoms with van der Waals surface area (Å²) in [6.07, 6.45) is 0. The minimum Gasteiger partial charge on any atom is -0.463 e. The number of benzene rings is 2. The zero-order valence-corrected chi connectivity index (χ0v) is 15.3. The molecule has 0 bridgehead atoms. The average molecular weight is 380 g/mol. The summed E-state index contributed by atoms with van der Waals surface area (Å²) in [5.41, 5.74) is 1.49. The molecular formula is C21H20N2O5. The Hall–Kier alpha value is -3.61. The SMILES string of the molecule is CCOC(=O)C1=C(COC(=O)c2ccccc2)NC(=O)N[C@@H]1c1ccccc1.